The molecule has 122 valence electrons. The summed E-state index contributed by atoms with van der Waals surface area (Å²) in [6.45, 7) is 3.76. The molecule has 0 amide bonds. The van der Waals surface area contributed by atoms with E-state index < -0.39 is 0 Å². The molecule has 3 rings (SSSR count). The highest BCUT2D eigenvalue weighted by Gasteiger charge is 2.28. The smallest absolute Gasteiger partial charge is 0.333 e. The highest BCUT2D eigenvalue weighted by molar-refractivity contribution is 5.70. The van der Waals surface area contributed by atoms with E-state index in [-0.39, 0.29) is 10.6 Å². The summed E-state index contributed by atoms with van der Waals surface area (Å²) in [6.07, 6.45) is 5.58. The Morgan fingerprint density at radius 3 is 2.74 bits per heavy atom. The lowest BCUT2D eigenvalue weighted by atomic mass is 10.0. The number of para-hydroxylation sites is 1. The predicted octanol–water partition coefficient (Wildman–Crippen LogP) is 3.03. The van der Waals surface area contributed by atoms with Gasteiger partial charge in [-0.25, -0.2) is 0 Å². The first-order valence-electron chi connectivity index (χ1n) is 7.85. The Morgan fingerprint density at radius 2 is 2.13 bits per heavy atom. The van der Waals surface area contributed by atoms with E-state index in [1.165, 1.54) is 0 Å². The number of benzene rings is 1. The van der Waals surface area contributed by atoms with Gasteiger partial charge < -0.3 is 9.64 Å². The Hall–Kier alpha value is -2.57. The van der Waals surface area contributed by atoms with Crippen LogP contribution in [0.3, 0.4) is 0 Å². The number of hydrogen-bond donors (Lipinski definition) is 0. The van der Waals surface area contributed by atoms with Crippen LogP contribution < -0.4 is 9.64 Å². The summed E-state index contributed by atoms with van der Waals surface area (Å²) in [7, 11) is 0. The molecule has 7 nitrogen and oxygen atoms in total. The third kappa shape index (κ3) is 3.13. The molecule has 1 aromatic carbocycles. The van der Waals surface area contributed by atoms with Crippen LogP contribution >= 0.6 is 0 Å². The van der Waals surface area contributed by atoms with Crippen LogP contribution in [0.25, 0.3) is 0 Å². The van der Waals surface area contributed by atoms with Gasteiger partial charge in [-0.15, -0.1) is 0 Å². The fraction of sp³-hybridized carbons (Fsp3) is 0.438. The topological polar surface area (TPSA) is 73.4 Å². The molecular weight excluding hydrogens is 296 g/mol. The number of rotatable bonds is 5. The van der Waals surface area contributed by atoms with Crippen molar-refractivity contribution in [1.82, 2.24) is 9.78 Å². The fourth-order valence-electron chi connectivity index (χ4n) is 3.09. The van der Waals surface area contributed by atoms with E-state index in [0.717, 1.165) is 25.9 Å². The summed E-state index contributed by atoms with van der Waals surface area (Å²) in [5, 5.41) is 15.8. The highest BCUT2D eigenvalue weighted by atomic mass is 16.6. The summed E-state index contributed by atoms with van der Waals surface area (Å²) in [5.74, 6) is 0.337. The molecule has 0 bridgehead atoms. The first kappa shape index (κ1) is 15.3. The predicted molar refractivity (Wildman–Crippen MR) is 87.0 cm³/mol. The van der Waals surface area contributed by atoms with Crippen LogP contribution in [0, 0.1) is 10.1 Å². The van der Waals surface area contributed by atoms with Crippen LogP contribution in [-0.2, 0) is 0 Å². The van der Waals surface area contributed by atoms with Gasteiger partial charge in [0.2, 0.25) is 0 Å². The minimum Gasteiger partial charge on any atom is -0.487 e. The lowest BCUT2D eigenvalue weighted by Crippen LogP contribution is -2.35. The molecule has 0 atom stereocenters. The summed E-state index contributed by atoms with van der Waals surface area (Å²) in [4.78, 5) is 13.2. The zero-order valence-corrected chi connectivity index (χ0v) is 13.1. The molecule has 1 fully saturated rings. The largest absolute Gasteiger partial charge is 0.487 e. The number of ether oxygens (including phenoxy) is 1. The number of nitrogens with zero attached hydrogens (tertiary/aromatic N) is 4. The van der Waals surface area contributed by atoms with Gasteiger partial charge in [0.25, 0.3) is 0 Å². The second-order valence-electron chi connectivity index (χ2n) is 5.52. The van der Waals surface area contributed by atoms with Gasteiger partial charge in [-0.1, -0.05) is 6.07 Å². The van der Waals surface area contributed by atoms with Gasteiger partial charge in [-0.05, 0) is 38.0 Å². The minimum absolute atomic E-state index is 0.0619. The lowest BCUT2D eigenvalue weighted by molar-refractivity contribution is -0.385. The van der Waals surface area contributed by atoms with Crippen LogP contribution in [0.15, 0.2) is 36.7 Å². The van der Waals surface area contributed by atoms with Gasteiger partial charge in [-0.2, -0.15) is 5.10 Å². The molecule has 0 radical (unpaired) electrons. The van der Waals surface area contributed by atoms with Crippen molar-refractivity contribution >= 4 is 11.4 Å². The number of aromatic nitrogens is 2. The second-order valence-corrected chi connectivity index (χ2v) is 5.52. The molecule has 0 N–H and O–H groups in total. The van der Waals surface area contributed by atoms with Gasteiger partial charge in [0, 0.05) is 25.5 Å². The SMILES string of the molecule is CCOc1cccc(N2CCC(n3cccn3)CC2)c1[N+](=O)[O-]. The molecule has 0 unspecified atom stereocenters. The molecule has 2 aromatic rings. The molecular formula is C16H20N4O3. The molecule has 0 aliphatic carbocycles. The first-order valence-corrected chi connectivity index (χ1v) is 7.85. The number of nitro benzene ring substituents is 1. The van der Waals surface area contributed by atoms with Crippen LogP contribution in [0.1, 0.15) is 25.8 Å². The highest BCUT2D eigenvalue weighted by Crippen LogP contribution is 2.39. The Labute approximate surface area is 134 Å². The zero-order valence-electron chi connectivity index (χ0n) is 13.1. The molecule has 0 spiro atoms. The maximum atomic E-state index is 11.5. The number of piperidine rings is 1. The molecule has 1 aliphatic rings. The Balaban J connectivity index is 1.80. The molecule has 1 aliphatic heterocycles. The van der Waals surface area contributed by atoms with Crippen molar-refractivity contribution in [3.8, 4) is 5.75 Å². The average Bonchev–Trinajstić information content (AvgIpc) is 3.09. The summed E-state index contributed by atoms with van der Waals surface area (Å²) < 4.78 is 7.40. The van der Waals surface area contributed by atoms with Gasteiger partial charge in [0.05, 0.1) is 17.6 Å². The van der Waals surface area contributed by atoms with E-state index in [9.17, 15) is 10.1 Å². The van der Waals surface area contributed by atoms with E-state index in [4.69, 9.17) is 4.74 Å². The standard InChI is InChI=1S/C16H20N4O3/c1-2-23-15-6-3-5-14(16(15)20(21)22)18-11-7-13(8-12-18)19-10-4-9-17-19/h3-6,9-10,13H,2,7-8,11-12H2,1H3. The van der Waals surface area contributed by atoms with E-state index in [1.807, 2.05) is 29.9 Å². The third-order valence-corrected chi connectivity index (χ3v) is 4.16. The van der Waals surface area contributed by atoms with Crippen molar-refractivity contribution < 1.29 is 9.66 Å². The first-order chi connectivity index (χ1) is 11.2. The van der Waals surface area contributed by atoms with Gasteiger partial charge in [0.15, 0.2) is 5.75 Å². The fourth-order valence-corrected chi connectivity index (χ4v) is 3.09. The van der Waals surface area contributed by atoms with Crippen LogP contribution in [-0.4, -0.2) is 34.4 Å². The molecule has 0 saturated carbocycles. The van der Waals surface area contributed by atoms with Gasteiger partial charge in [-0.3, -0.25) is 14.8 Å². The summed E-state index contributed by atoms with van der Waals surface area (Å²) in [5.41, 5.74) is 0.701. The van der Waals surface area contributed by atoms with E-state index >= 15 is 0 Å². The minimum atomic E-state index is -0.347. The normalized spacial score (nSPS) is 15.6. The number of nitro groups is 1. The molecule has 1 aromatic heterocycles. The van der Waals surface area contributed by atoms with Gasteiger partial charge in [0.1, 0.15) is 5.69 Å². The van der Waals surface area contributed by atoms with Crippen molar-refractivity contribution in [2.75, 3.05) is 24.6 Å². The summed E-state index contributed by atoms with van der Waals surface area (Å²) >= 11 is 0. The van der Waals surface area contributed by atoms with Crippen molar-refractivity contribution in [3.63, 3.8) is 0 Å². The van der Waals surface area contributed by atoms with Crippen molar-refractivity contribution in [1.29, 1.82) is 0 Å². The zero-order chi connectivity index (χ0) is 16.2. The van der Waals surface area contributed by atoms with E-state index in [1.54, 1.807) is 18.3 Å². The molecule has 23 heavy (non-hydrogen) atoms. The van der Waals surface area contributed by atoms with E-state index in [0.29, 0.717) is 24.1 Å². The van der Waals surface area contributed by atoms with Crippen molar-refractivity contribution in [3.05, 3.63) is 46.8 Å². The third-order valence-electron chi connectivity index (χ3n) is 4.16. The van der Waals surface area contributed by atoms with E-state index in [2.05, 4.69) is 10.00 Å². The second kappa shape index (κ2) is 6.68. The van der Waals surface area contributed by atoms with Crippen molar-refractivity contribution in [2.24, 2.45) is 0 Å². The Kier molecular flexibility index (Phi) is 4.45. The maximum absolute atomic E-state index is 11.5. The molecule has 1 saturated heterocycles. The van der Waals surface area contributed by atoms with Crippen molar-refractivity contribution in [2.45, 2.75) is 25.8 Å². The van der Waals surface area contributed by atoms with Crippen LogP contribution in [0.4, 0.5) is 11.4 Å². The van der Waals surface area contributed by atoms with Crippen LogP contribution in [0.5, 0.6) is 5.75 Å². The average molecular weight is 316 g/mol. The Morgan fingerprint density at radius 1 is 1.35 bits per heavy atom. The quantitative estimate of drug-likeness (QED) is 0.626. The maximum Gasteiger partial charge on any atom is 0.333 e. The summed E-state index contributed by atoms with van der Waals surface area (Å²) in [6, 6.07) is 7.54. The monoisotopic (exact) mass is 316 g/mol. The van der Waals surface area contributed by atoms with Crippen LogP contribution in [0.2, 0.25) is 0 Å². The number of hydrogen-bond acceptors (Lipinski definition) is 5. The molecule has 2 heterocycles. The lowest BCUT2D eigenvalue weighted by Gasteiger charge is -2.33. The van der Waals surface area contributed by atoms with Gasteiger partial charge >= 0.3 is 5.69 Å². The molecule has 7 heteroatoms. The Bertz CT molecular complexity index is 664. The number of anilines is 1.